The fourth-order valence-corrected chi connectivity index (χ4v) is 6.99. The van der Waals surface area contributed by atoms with Crippen molar-refractivity contribution in [3.63, 3.8) is 0 Å². The number of hydrogen-bond donors (Lipinski definition) is 0. The van der Waals surface area contributed by atoms with Crippen LogP contribution in [0.1, 0.15) is 21.8 Å². The van der Waals surface area contributed by atoms with Gasteiger partial charge in [-0.3, -0.25) is 9.59 Å². The number of carbonyl (C=O) groups is 2. The Morgan fingerprint density at radius 1 is 1.13 bits per heavy atom. The molecule has 0 saturated carbocycles. The number of aromatic nitrogens is 1. The van der Waals surface area contributed by atoms with Crippen LogP contribution in [0, 0.1) is 13.8 Å². The van der Waals surface area contributed by atoms with Gasteiger partial charge in [0, 0.05) is 26.2 Å². The van der Waals surface area contributed by atoms with E-state index in [1.807, 2.05) is 0 Å². The molecule has 2 aliphatic rings. The molecule has 0 radical (unpaired) electrons. The second-order valence-electron chi connectivity index (χ2n) is 7.25. The van der Waals surface area contributed by atoms with Crippen LogP contribution in [0.4, 0.5) is 0 Å². The molecule has 0 aliphatic carbocycles. The Morgan fingerprint density at radius 3 is 2.35 bits per heavy atom. The molecule has 3 heterocycles. The topological polar surface area (TPSA) is 138 Å². The molecule has 1 aromatic carbocycles. The van der Waals surface area contributed by atoms with E-state index >= 15 is 0 Å². The Labute approximate surface area is 179 Å². The minimum absolute atomic E-state index is 0.0128. The molecule has 2 aromatic rings. The standard InChI is InChI=1S/C18H20N4O7S2/c1-12-17(13(2)29-19-12)31(27,28)21-9-7-20(8-10-21)16(23)11-22-18(24)14-5-3-4-6-15(14)30(22,25)26/h3-6H,7-11H2,1-2H3. The van der Waals surface area contributed by atoms with Crippen molar-refractivity contribution in [1.29, 1.82) is 0 Å². The summed E-state index contributed by atoms with van der Waals surface area (Å²) in [7, 11) is -7.93. The van der Waals surface area contributed by atoms with Crippen molar-refractivity contribution in [3.05, 3.63) is 41.3 Å². The SMILES string of the molecule is Cc1noc(C)c1S(=O)(=O)N1CCN(C(=O)CN2C(=O)c3ccccc3S2(=O)=O)CC1. The van der Waals surface area contributed by atoms with Gasteiger partial charge in [-0.2, -0.15) is 4.31 Å². The predicted octanol–water partition coefficient (Wildman–Crippen LogP) is -0.0310. The van der Waals surface area contributed by atoms with Crippen LogP contribution in [-0.4, -0.2) is 80.0 Å². The average Bonchev–Trinajstić information content (AvgIpc) is 3.18. The highest BCUT2D eigenvalue weighted by atomic mass is 32.2. The fourth-order valence-electron chi connectivity index (χ4n) is 3.76. The van der Waals surface area contributed by atoms with E-state index in [-0.39, 0.29) is 53.0 Å². The molecule has 2 aliphatic heterocycles. The summed E-state index contributed by atoms with van der Waals surface area (Å²) in [5.74, 6) is -1.13. The van der Waals surface area contributed by atoms with Gasteiger partial charge in [0.1, 0.15) is 22.0 Å². The number of piperazine rings is 1. The van der Waals surface area contributed by atoms with Gasteiger partial charge in [0.05, 0.1) is 5.56 Å². The minimum atomic E-state index is -4.09. The molecule has 31 heavy (non-hydrogen) atoms. The summed E-state index contributed by atoms with van der Waals surface area (Å²) < 4.78 is 57.8. The lowest BCUT2D eigenvalue weighted by molar-refractivity contribution is -0.132. The van der Waals surface area contributed by atoms with E-state index in [1.165, 1.54) is 41.3 Å². The first-order valence-corrected chi connectivity index (χ1v) is 12.3. The number of fused-ring (bicyclic) bond motifs is 1. The van der Waals surface area contributed by atoms with Crippen molar-refractivity contribution in [3.8, 4) is 0 Å². The molecule has 0 spiro atoms. The monoisotopic (exact) mass is 468 g/mol. The molecular weight excluding hydrogens is 448 g/mol. The van der Waals surface area contributed by atoms with E-state index < -0.39 is 38.4 Å². The first kappa shape index (κ1) is 21.5. The third-order valence-electron chi connectivity index (χ3n) is 5.35. The van der Waals surface area contributed by atoms with Crippen LogP contribution >= 0.6 is 0 Å². The molecule has 0 unspecified atom stereocenters. The second kappa shape index (κ2) is 7.43. The quantitative estimate of drug-likeness (QED) is 0.610. The highest BCUT2D eigenvalue weighted by molar-refractivity contribution is 7.90. The minimum Gasteiger partial charge on any atom is -0.360 e. The van der Waals surface area contributed by atoms with Crippen LogP contribution in [0.2, 0.25) is 0 Å². The van der Waals surface area contributed by atoms with Crippen molar-refractivity contribution in [2.45, 2.75) is 23.6 Å². The van der Waals surface area contributed by atoms with Gasteiger partial charge in [-0.1, -0.05) is 17.3 Å². The summed E-state index contributed by atoms with van der Waals surface area (Å²) in [6.07, 6.45) is 0. The van der Waals surface area contributed by atoms with Gasteiger partial charge in [-0.25, -0.2) is 21.1 Å². The van der Waals surface area contributed by atoms with Gasteiger partial charge in [0.2, 0.25) is 15.9 Å². The van der Waals surface area contributed by atoms with E-state index in [2.05, 4.69) is 5.16 Å². The number of rotatable bonds is 4. The maximum atomic E-state index is 12.9. The zero-order chi connectivity index (χ0) is 22.6. The van der Waals surface area contributed by atoms with Crippen molar-refractivity contribution >= 4 is 31.9 Å². The lowest BCUT2D eigenvalue weighted by Gasteiger charge is -2.34. The van der Waals surface area contributed by atoms with Crippen molar-refractivity contribution in [2.24, 2.45) is 0 Å². The summed E-state index contributed by atoms with van der Waals surface area (Å²) in [6, 6.07) is 5.78. The number of amides is 2. The van der Waals surface area contributed by atoms with Crippen LogP contribution < -0.4 is 0 Å². The Balaban J connectivity index is 1.45. The average molecular weight is 469 g/mol. The Hall–Kier alpha value is -2.77. The third kappa shape index (κ3) is 3.42. The zero-order valence-electron chi connectivity index (χ0n) is 16.8. The number of aryl methyl sites for hydroxylation is 2. The largest absolute Gasteiger partial charge is 0.360 e. The smallest absolute Gasteiger partial charge is 0.269 e. The summed E-state index contributed by atoms with van der Waals surface area (Å²) in [5.41, 5.74) is 0.291. The molecule has 13 heteroatoms. The van der Waals surface area contributed by atoms with Crippen LogP contribution in [0.3, 0.4) is 0 Å². The highest BCUT2D eigenvalue weighted by Crippen LogP contribution is 2.30. The molecule has 11 nitrogen and oxygen atoms in total. The van der Waals surface area contributed by atoms with Crippen molar-refractivity contribution in [1.82, 2.24) is 18.7 Å². The molecule has 0 N–H and O–H groups in total. The highest BCUT2D eigenvalue weighted by Gasteiger charge is 2.43. The number of carbonyl (C=O) groups excluding carboxylic acids is 2. The second-order valence-corrected chi connectivity index (χ2v) is 11.0. The molecule has 2 amide bonds. The maximum absolute atomic E-state index is 12.9. The molecule has 1 saturated heterocycles. The van der Waals surface area contributed by atoms with Gasteiger partial charge >= 0.3 is 0 Å². The zero-order valence-corrected chi connectivity index (χ0v) is 18.4. The van der Waals surface area contributed by atoms with Crippen LogP contribution in [0.25, 0.3) is 0 Å². The predicted molar refractivity (Wildman–Crippen MR) is 106 cm³/mol. The van der Waals surface area contributed by atoms with Crippen LogP contribution in [0.15, 0.2) is 38.6 Å². The van der Waals surface area contributed by atoms with E-state index in [0.29, 0.717) is 4.31 Å². The first-order valence-electron chi connectivity index (χ1n) is 9.42. The van der Waals surface area contributed by atoms with Crippen LogP contribution in [0.5, 0.6) is 0 Å². The lowest BCUT2D eigenvalue weighted by atomic mass is 10.2. The first-order chi connectivity index (χ1) is 14.5. The summed E-state index contributed by atoms with van der Waals surface area (Å²) in [6.45, 7) is 2.60. The van der Waals surface area contributed by atoms with Crippen LogP contribution in [-0.2, 0) is 24.8 Å². The molecular formula is C18H20N4O7S2. The van der Waals surface area contributed by atoms with Crippen molar-refractivity contribution in [2.75, 3.05) is 32.7 Å². The van der Waals surface area contributed by atoms with Gasteiger partial charge in [0.25, 0.3) is 15.9 Å². The molecule has 1 fully saturated rings. The molecule has 0 atom stereocenters. The summed E-state index contributed by atoms with van der Waals surface area (Å²) in [5, 5.41) is 3.68. The maximum Gasteiger partial charge on any atom is 0.269 e. The number of benzene rings is 1. The molecule has 166 valence electrons. The number of nitrogens with zero attached hydrogens (tertiary/aromatic N) is 4. The van der Waals surface area contributed by atoms with Gasteiger partial charge in [0.15, 0.2) is 5.76 Å². The van der Waals surface area contributed by atoms with Crippen molar-refractivity contribution < 1.29 is 30.9 Å². The summed E-state index contributed by atoms with van der Waals surface area (Å²) in [4.78, 5) is 26.4. The molecule has 0 bridgehead atoms. The Kier molecular flexibility index (Phi) is 5.14. The molecule has 1 aromatic heterocycles. The summed E-state index contributed by atoms with van der Waals surface area (Å²) >= 11 is 0. The Morgan fingerprint density at radius 2 is 1.77 bits per heavy atom. The lowest BCUT2D eigenvalue weighted by Crippen LogP contribution is -2.53. The van der Waals surface area contributed by atoms with E-state index in [4.69, 9.17) is 4.52 Å². The van der Waals surface area contributed by atoms with Gasteiger partial charge in [-0.05, 0) is 26.0 Å². The van der Waals surface area contributed by atoms with E-state index in [0.717, 1.165) is 0 Å². The normalized spacial score (nSPS) is 19.0. The van der Waals surface area contributed by atoms with Gasteiger partial charge < -0.3 is 9.42 Å². The van der Waals surface area contributed by atoms with Gasteiger partial charge in [-0.15, -0.1) is 0 Å². The Bertz CT molecular complexity index is 1260. The number of hydrogen-bond acceptors (Lipinski definition) is 8. The van der Waals surface area contributed by atoms with E-state index in [1.54, 1.807) is 6.07 Å². The third-order valence-corrected chi connectivity index (χ3v) is 9.28. The van der Waals surface area contributed by atoms with E-state index in [9.17, 15) is 26.4 Å². The number of sulfonamides is 2. The fraction of sp³-hybridized carbons (Fsp3) is 0.389. The molecule has 4 rings (SSSR count).